The Morgan fingerprint density at radius 1 is 1.23 bits per heavy atom. The van der Waals surface area contributed by atoms with Gasteiger partial charge in [-0.1, -0.05) is 13.8 Å². The van der Waals surface area contributed by atoms with Gasteiger partial charge in [0.2, 0.25) is 15.9 Å². The summed E-state index contributed by atoms with van der Waals surface area (Å²) in [5.74, 6) is -0.0117. The number of anilines is 1. The first-order valence-corrected chi connectivity index (χ1v) is 13.3. The van der Waals surface area contributed by atoms with Gasteiger partial charge in [-0.05, 0) is 62.4 Å². The number of rotatable bonds is 7. The minimum absolute atomic E-state index is 0.0117. The van der Waals surface area contributed by atoms with Gasteiger partial charge in [0.05, 0.1) is 11.1 Å². The summed E-state index contributed by atoms with van der Waals surface area (Å²) in [6.07, 6.45) is 3.81. The zero-order chi connectivity index (χ0) is 25.3. The molecule has 1 aliphatic rings. The van der Waals surface area contributed by atoms with Gasteiger partial charge in [0.25, 0.3) is 0 Å². The van der Waals surface area contributed by atoms with Crippen LogP contribution in [0.25, 0.3) is 5.65 Å². The normalized spacial score (nSPS) is 13.8. The fourth-order valence-electron chi connectivity index (χ4n) is 4.82. The van der Waals surface area contributed by atoms with Crippen LogP contribution in [-0.2, 0) is 27.7 Å². The zero-order valence-electron chi connectivity index (χ0n) is 20.6. The minimum atomic E-state index is -3.55. The lowest BCUT2D eigenvalue weighted by Crippen LogP contribution is -2.36. The molecule has 1 aromatic carbocycles. The summed E-state index contributed by atoms with van der Waals surface area (Å²) in [6, 6.07) is 7.20. The van der Waals surface area contributed by atoms with E-state index in [9.17, 15) is 18.5 Å². The topological polar surface area (TPSA) is 112 Å². The number of amides is 1. The number of hydrogen-bond acceptors (Lipinski definition) is 6. The van der Waals surface area contributed by atoms with Crippen molar-refractivity contribution in [2.75, 3.05) is 24.5 Å². The van der Waals surface area contributed by atoms with Gasteiger partial charge in [-0.3, -0.25) is 4.79 Å². The van der Waals surface area contributed by atoms with Crippen molar-refractivity contribution < 1.29 is 13.2 Å². The molecule has 0 fully saturated rings. The molecule has 0 saturated heterocycles. The van der Waals surface area contributed by atoms with Gasteiger partial charge in [0.15, 0.2) is 5.65 Å². The molecule has 3 heterocycles. The van der Waals surface area contributed by atoms with Crippen LogP contribution in [0.4, 0.5) is 5.69 Å². The van der Waals surface area contributed by atoms with E-state index in [1.165, 1.54) is 10.5 Å². The molecule has 0 saturated carbocycles. The first-order valence-electron chi connectivity index (χ1n) is 11.9. The Morgan fingerprint density at radius 2 is 1.97 bits per heavy atom. The SMILES string of the molecule is CCN(CC)S(=O)(=O)c1ccc2c(c1)CCCN2C(=O)CCc1c(C)nc2c(C#N)cnn2c1C. The van der Waals surface area contributed by atoms with Crippen LogP contribution in [0.15, 0.2) is 29.3 Å². The van der Waals surface area contributed by atoms with Crippen LogP contribution in [0.3, 0.4) is 0 Å². The highest BCUT2D eigenvalue weighted by Gasteiger charge is 2.27. The number of aromatic nitrogens is 3. The van der Waals surface area contributed by atoms with Crippen molar-refractivity contribution in [1.82, 2.24) is 18.9 Å². The van der Waals surface area contributed by atoms with E-state index >= 15 is 0 Å². The van der Waals surface area contributed by atoms with Crippen LogP contribution >= 0.6 is 0 Å². The Hall–Kier alpha value is -3.29. The molecule has 3 aromatic rings. The summed E-state index contributed by atoms with van der Waals surface area (Å²) in [5, 5.41) is 13.5. The lowest BCUT2D eigenvalue weighted by molar-refractivity contribution is -0.118. The van der Waals surface area contributed by atoms with Crippen molar-refractivity contribution in [3.63, 3.8) is 0 Å². The highest BCUT2D eigenvalue weighted by atomic mass is 32.2. The fraction of sp³-hybridized carbons (Fsp3) is 0.440. The minimum Gasteiger partial charge on any atom is -0.312 e. The van der Waals surface area contributed by atoms with Gasteiger partial charge in [-0.15, -0.1) is 0 Å². The predicted molar refractivity (Wildman–Crippen MR) is 133 cm³/mol. The monoisotopic (exact) mass is 494 g/mol. The van der Waals surface area contributed by atoms with Crippen LogP contribution in [-0.4, -0.2) is 52.9 Å². The number of sulfonamides is 1. The molecular formula is C25H30N6O3S. The number of aryl methyl sites for hydroxylation is 3. The van der Waals surface area contributed by atoms with Crippen molar-refractivity contribution in [2.45, 2.75) is 58.3 Å². The van der Waals surface area contributed by atoms with Gasteiger partial charge >= 0.3 is 0 Å². The summed E-state index contributed by atoms with van der Waals surface area (Å²) in [5.41, 5.74) is 5.21. The number of carbonyl (C=O) groups excluding carboxylic acids is 1. The maximum Gasteiger partial charge on any atom is 0.243 e. The number of benzene rings is 1. The van der Waals surface area contributed by atoms with Gasteiger partial charge in [-0.25, -0.2) is 17.9 Å². The molecule has 35 heavy (non-hydrogen) atoms. The molecule has 1 amide bonds. The molecule has 9 nitrogen and oxygen atoms in total. The quantitative estimate of drug-likeness (QED) is 0.499. The Labute approximate surface area is 206 Å². The van der Waals surface area contributed by atoms with E-state index in [1.807, 2.05) is 27.7 Å². The van der Waals surface area contributed by atoms with Crippen molar-refractivity contribution in [3.8, 4) is 6.07 Å². The average molecular weight is 495 g/mol. The van der Waals surface area contributed by atoms with Crippen LogP contribution < -0.4 is 4.90 Å². The standard InChI is InChI=1S/C25H30N6O3S/c1-5-29(6-2)35(33,34)21-9-11-23-19(14-21)8-7-13-30(23)24(32)12-10-22-17(3)28-25-20(15-26)16-27-31(25)18(22)4/h9,11,14,16H,5-8,10,12-13H2,1-4H3. The van der Waals surface area contributed by atoms with Crippen molar-refractivity contribution in [2.24, 2.45) is 0 Å². The molecule has 2 aromatic heterocycles. The fourth-order valence-corrected chi connectivity index (χ4v) is 6.33. The average Bonchev–Trinajstić information content (AvgIpc) is 3.26. The maximum atomic E-state index is 13.3. The molecule has 0 aliphatic carbocycles. The van der Waals surface area contributed by atoms with E-state index in [0.29, 0.717) is 43.7 Å². The van der Waals surface area contributed by atoms with E-state index in [2.05, 4.69) is 16.2 Å². The molecule has 10 heteroatoms. The second kappa shape index (κ2) is 9.76. The molecule has 0 bridgehead atoms. The summed E-state index contributed by atoms with van der Waals surface area (Å²) in [4.78, 5) is 19.9. The first-order chi connectivity index (χ1) is 16.7. The summed E-state index contributed by atoms with van der Waals surface area (Å²) in [7, 11) is -3.55. The van der Waals surface area contributed by atoms with Crippen LogP contribution in [0.1, 0.15) is 54.8 Å². The summed E-state index contributed by atoms with van der Waals surface area (Å²) < 4.78 is 29.0. The molecule has 4 rings (SSSR count). The highest BCUT2D eigenvalue weighted by molar-refractivity contribution is 7.89. The molecule has 0 radical (unpaired) electrons. The predicted octanol–water partition coefficient (Wildman–Crippen LogP) is 3.16. The van der Waals surface area contributed by atoms with Crippen molar-refractivity contribution >= 4 is 27.3 Å². The summed E-state index contributed by atoms with van der Waals surface area (Å²) >= 11 is 0. The van der Waals surface area contributed by atoms with E-state index in [-0.39, 0.29) is 10.8 Å². The third-order valence-electron chi connectivity index (χ3n) is 6.73. The second-order valence-electron chi connectivity index (χ2n) is 8.70. The molecular weight excluding hydrogens is 464 g/mol. The lowest BCUT2D eigenvalue weighted by atomic mass is 10.0. The van der Waals surface area contributed by atoms with Crippen molar-refractivity contribution in [1.29, 1.82) is 5.26 Å². The number of carbonyl (C=O) groups is 1. The lowest BCUT2D eigenvalue weighted by Gasteiger charge is -2.30. The Kier molecular flexibility index (Phi) is 6.92. The van der Waals surface area contributed by atoms with Crippen LogP contribution in [0.5, 0.6) is 0 Å². The Balaban J connectivity index is 1.56. The van der Waals surface area contributed by atoms with Crippen LogP contribution in [0, 0.1) is 25.2 Å². The maximum absolute atomic E-state index is 13.3. The molecule has 0 atom stereocenters. The van der Waals surface area contributed by atoms with Crippen molar-refractivity contribution in [3.05, 3.63) is 52.5 Å². The number of nitrogens with zero attached hydrogens (tertiary/aromatic N) is 6. The van der Waals surface area contributed by atoms with E-state index in [1.54, 1.807) is 27.6 Å². The largest absolute Gasteiger partial charge is 0.312 e. The van der Waals surface area contributed by atoms with E-state index in [0.717, 1.165) is 41.0 Å². The molecule has 0 N–H and O–H groups in total. The smallest absolute Gasteiger partial charge is 0.243 e. The highest BCUT2D eigenvalue weighted by Crippen LogP contribution is 2.31. The summed E-state index contributed by atoms with van der Waals surface area (Å²) in [6.45, 7) is 8.88. The van der Waals surface area contributed by atoms with E-state index < -0.39 is 10.0 Å². The van der Waals surface area contributed by atoms with Gasteiger partial charge < -0.3 is 4.90 Å². The van der Waals surface area contributed by atoms with E-state index in [4.69, 9.17) is 0 Å². The third kappa shape index (κ3) is 4.42. The van der Waals surface area contributed by atoms with Gasteiger partial charge in [0.1, 0.15) is 11.6 Å². The second-order valence-corrected chi connectivity index (χ2v) is 10.6. The molecule has 184 valence electrons. The number of nitriles is 1. The third-order valence-corrected chi connectivity index (χ3v) is 8.78. The molecule has 0 unspecified atom stereocenters. The Bertz CT molecular complexity index is 1430. The first kappa shape index (κ1) is 24.8. The zero-order valence-corrected chi connectivity index (χ0v) is 21.4. The molecule has 0 spiro atoms. The number of fused-ring (bicyclic) bond motifs is 2. The van der Waals surface area contributed by atoms with Gasteiger partial charge in [0, 0.05) is 43.1 Å². The van der Waals surface area contributed by atoms with Crippen LogP contribution in [0.2, 0.25) is 0 Å². The molecule has 1 aliphatic heterocycles. The Morgan fingerprint density at radius 3 is 2.66 bits per heavy atom. The number of hydrogen-bond donors (Lipinski definition) is 0. The van der Waals surface area contributed by atoms with Gasteiger partial charge in [-0.2, -0.15) is 14.7 Å².